The Kier molecular flexibility index (Phi) is 5.39. The number of amides is 2. The number of carbonyl (C=O) groups is 2. The van der Waals surface area contributed by atoms with Crippen molar-refractivity contribution < 1.29 is 14.0 Å². The van der Waals surface area contributed by atoms with E-state index in [0.717, 1.165) is 0 Å². The van der Waals surface area contributed by atoms with Gasteiger partial charge in [-0.05, 0) is 30.7 Å². The van der Waals surface area contributed by atoms with Gasteiger partial charge in [0.2, 0.25) is 5.91 Å². The molecule has 7 heteroatoms. The van der Waals surface area contributed by atoms with Gasteiger partial charge in [-0.3, -0.25) is 9.59 Å². The first kappa shape index (κ1) is 16.6. The van der Waals surface area contributed by atoms with E-state index in [0.29, 0.717) is 16.1 Å². The lowest BCUT2D eigenvalue weighted by Crippen LogP contribution is -2.45. The van der Waals surface area contributed by atoms with E-state index >= 15 is 0 Å². The molecule has 0 aliphatic carbocycles. The summed E-state index contributed by atoms with van der Waals surface area (Å²) in [5, 5.41) is 14.8. The predicted molar refractivity (Wildman–Crippen MR) is 83.6 cm³/mol. The molecule has 0 bridgehead atoms. The molecule has 2 N–H and O–H groups in total. The molecule has 0 aliphatic rings. The third kappa shape index (κ3) is 4.34. The van der Waals surface area contributed by atoms with Gasteiger partial charge in [-0.25, -0.2) is 0 Å². The average Bonchev–Trinajstić information content (AvgIpc) is 3.06. The van der Waals surface area contributed by atoms with Crippen LogP contribution < -0.4 is 10.6 Å². The van der Waals surface area contributed by atoms with Crippen molar-refractivity contribution in [2.45, 2.75) is 19.0 Å². The molecule has 118 valence electrons. The number of rotatable bonds is 5. The fraction of sp³-hybridized carbons (Fsp3) is 0.188. The number of furan rings is 1. The minimum Gasteiger partial charge on any atom is -0.472 e. The fourth-order valence-corrected chi connectivity index (χ4v) is 2.08. The molecule has 6 nitrogen and oxygen atoms in total. The Balaban J connectivity index is 1.99. The summed E-state index contributed by atoms with van der Waals surface area (Å²) < 4.78 is 4.81. The van der Waals surface area contributed by atoms with Crippen LogP contribution in [0.2, 0.25) is 5.02 Å². The number of nitriles is 1. The van der Waals surface area contributed by atoms with Crippen LogP contribution in [0.15, 0.2) is 47.3 Å². The van der Waals surface area contributed by atoms with Gasteiger partial charge in [-0.15, -0.1) is 0 Å². The van der Waals surface area contributed by atoms with Gasteiger partial charge in [0.25, 0.3) is 5.91 Å². The van der Waals surface area contributed by atoms with Crippen molar-refractivity contribution in [3.63, 3.8) is 0 Å². The molecular formula is C16H14ClN3O3. The molecule has 0 spiro atoms. The molecule has 2 amide bonds. The van der Waals surface area contributed by atoms with Crippen LogP contribution in [0, 0.1) is 11.3 Å². The minimum absolute atomic E-state index is 0.316. The highest BCUT2D eigenvalue weighted by Gasteiger charge is 2.21. The van der Waals surface area contributed by atoms with Crippen LogP contribution in [-0.2, 0) is 4.79 Å². The molecule has 0 radical (unpaired) electrons. The average molecular weight is 332 g/mol. The quantitative estimate of drug-likeness (QED) is 0.879. The second kappa shape index (κ2) is 7.47. The molecule has 0 saturated carbocycles. The van der Waals surface area contributed by atoms with E-state index in [1.54, 1.807) is 24.3 Å². The van der Waals surface area contributed by atoms with Crippen molar-refractivity contribution in [1.29, 1.82) is 5.26 Å². The van der Waals surface area contributed by atoms with Crippen LogP contribution in [0.5, 0.6) is 0 Å². The van der Waals surface area contributed by atoms with Crippen LogP contribution in [0.4, 0.5) is 0 Å². The molecule has 1 aromatic carbocycles. The lowest BCUT2D eigenvalue weighted by atomic mass is 10.1. The summed E-state index contributed by atoms with van der Waals surface area (Å²) >= 11 is 5.88. The van der Waals surface area contributed by atoms with Gasteiger partial charge in [0.05, 0.1) is 17.9 Å². The Morgan fingerprint density at radius 2 is 2.09 bits per heavy atom. The first-order valence-electron chi connectivity index (χ1n) is 6.80. The van der Waals surface area contributed by atoms with E-state index in [1.165, 1.54) is 25.5 Å². The van der Waals surface area contributed by atoms with Crippen LogP contribution in [0.3, 0.4) is 0 Å². The summed E-state index contributed by atoms with van der Waals surface area (Å²) in [7, 11) is 0. The summed E-state index contributed by atoms with van der Waals surface area (Å²) in [6.07, 6.45) is 2.65. The number of nitrogens with zero attached hydrogens (tertiary/aromatic N) is 1. The Morgan fingerprint density at radius 1 is 1.30 bits per heavy atom. The first-order valence-corrected chi connectivity index (χ1v) is 7.17. The maximum Gasteiger partial charge on any atom is 0.255 e. The number of nitrogens with one attached hydrogen (secondary N) is 2. The molecule has 2 aromatic rings. The normalized spacial score (nSPS) is 12.7. The van der Waals surface area contributed by atoms with Gasteiger partial charge in [0.1, 0.15) is 18.3 Å². The van der Waals surface area contributed by atoms with E-state index in [2.05, 4.69) is 10.6 Å². The van der Waals surface area contributed by atoms with Crippen LogP contribution in [0.25, 0.3) is 0 Å². The molecule has 0 saturated heterocycles. The lowest BCUT2D eigenvalue weighted by Gasteiger charge is -2.17. The maximum atomic E-state index is 12.1. The minimum atomic E-state index is -0.852. The zero-order chi connectivity index (χ0) is 16.8. The molecule has 23 heavy (non-hydrogen) atoms. The molecule has 0 aliphatic heterocycles. The van der Waals surface area contributed by atoms with Crippen molar-refractivity contribution >= 4 is 23.4 Å². The topological polar surface area (TPSA) is 95.1 Å². The standard InChI is InChI=1S/C16H14ClN3O3/c1-10(19-16(22)12-5-6-23-9-12)15(21)20-14(8-18)11-3-2-4-13(17)7-11/h2-7,9-10,14H,1H3,(H,19,22)(H,20,21). The monoisotopic (exact) mass is 331 g/mol. The third-order valence-corrected chi connectivity index (χ3v) is 3.36. The Labute approximate surface area is 138 Å². The van der Waals surface area contributed by atoms with Crippen molar-refractivity contribution in [3.05, 3.63) is 59.0 Å². The van der Waals surface area contributed by atoms with Gasteiger partial charge < -0.3 is 15.1 Å². The second-order valence-electron chi connectivity index (χ2n) is 4.83. The Bertz CT molecular complexity index is 737. The zero-order valence-electron chi connectivity index (χ0n) is 12.2. The largest absolute Gasteiger partial charge is 0.472 e. The highest BCUT2D eigenvalue weighted by molar-refractivity contribution is 6.30. The molecule has 2 rings (SSSR count). The van der Waals surface area contributed by atoms with E-state index in [-0.39, 0.29) is 0 Å². The van der Waals surface area contributed by atoms with Gasteiger partial charge >= 0.3 is 0 Å². The summed E-state index contributed by atoms with van der Waals surface area (Å²) in [6, 6.07) is 8.48. The van der Waals surface area contributed by atoms with Crippen LogP contribution in [0.1, 0.15) is 28.9 Å². The number of benzene rings is 1. The van der Waals surface area contributed by atoms with Crippen molar-refractivity contribution in [3.8, 4) is 6.07 Å². The number of hydrogen-bond donors (Lipinski definition) is 2. The number of carbonyl (C=O) groups excluding carboxylic acids is 2. The molecular weight excluding hydrogens is 318 g/mol. The molecule has 2 unspecified atom stereocenters. The number of hydrogen-bond acceptors (Lipinski definition) is 4. The van der Waals surface area contributed by atoms with Gasteiger partial charge in [0.15, 0.2) is 0 Å². The summed E-state index contributed by atoms with van der Waals surface area (Å²) in [5.74, 6) is -0.911. The summed E-state index contributed by atoms with van der Waals surface area (Å²) in [6.45, 7) is 1.53. The van der Waals surface area contributed by atoms with Crippen molar-refractivity contribution in [2.75, 3.05) is 0 Å². The van der Waals surface area contributed by atoms with E-state index in [9.17, 15) is 14.9 Å². The highest BCUT2D eigenvalue weighted by atomic mass is 35.5. The Morgan fingerprint density at radius 3 is 2.70 bits per heavy atom. The zero-order valence-corrected chi connectivity index (χ0v) is 13.0. The predicted octanol–water partition coefficient (Wildman–Crippen LogP) is 2.43. The highest BCUT2D eigenvalue weighted by Crippen LogP contribution is 2.17. The van der Waals surface area contributed by atoms with Crippen LogP contribution >= 0.6 is 11.6 Å². The van der Waals surface area contributed by atoms with Crippen molar-refractivity contribution in [1.82, 2.24) is 10.6 Å². The number of halogens is 1. The lowest BCUT2D eigenvalue weighted by molar-refractivity contribution is -0.123. The fourth-order valence-electron chi connectivity index (χ4n) is 1.88. The Hall–Kier alpha value is -2.78. The van der Waals surface area contributed by atoms with Gasteiger partial charge in [-0.1, -0.05) is 23.7 Å². The summed E-state index contributed by atoms with van der Waals surface area (Å²) in [4.78, 5) is 24.0. The SMILES string of the molecule is CC(NC(=O)c1ccoc1)C(=O)NC(C#N)c1cccc(Cl)c1. The molecule has 1 aromatic heterocycles. The summed E-state index contributed by atoms with van der Waals surface area (Å²) in [5.41, 5.74) is 0.887. The van der Waals surface area contributed by atoms with E-state index in [1.807, 2.05) is 6.07 Å². The van der Waals surface area contributed by atoms with E-state index in [4.69, 9.17) is 16.0 Å². The smallest absolute Gasteiger partial charge is 0.255 e. The third-order valence-electron chi connectivity index (χ3n) is 3.12. The van der Waals surface area contributed by atoms with Crippen molar-refractivity contribution in [2.24, 2.45) is 0 Å². The second-order valence-corrected chi connectivity index (χ2v) is 5.27. The van der Waals surface area contributed by atoms with Gasteiger partial charge in [-0.2, -0.15) is 5.26 Å². The van der Waals surface area contributed by atoms with Gasteiger partial charge in [0, 0.05) is 5.02 Å². The first-order chi connectivity index (χ1) is 11.0. The maximum absolute atomic E-state index is 12.1. The molecule has 0 fully saturated rings. The molecule has 1 heterocycles. The van der Waals surface area contributed by atoms with E-state index < -0.39 is 23.9 Å². The van der Waals surface area contributed by atoms with Crippen LogP contribution in [-0.4, -0.2) is 17.9 Å². The molecule has 2 atom stereocenters.